The summed E-state index contributed by atoms with van der Waals surface area (Å²) in [6.07, 6.45) is 2.55. The molecule has 6 heteroatoms. The van der Waals surface area contributed by atoms with E-state index < -0.39 is 12.1 Å². The first kappa shape index (κ1) is 19.0. The second-order valence-corrected chi connectivity index (χ2v) is 7.16. The number of benzene rings is 1. The molecule has 1 N–H and O–H groups in total. The third kappa shape index (κ3) is 4.92. The lowest BCUT2D eigenvalue weighted by atomic mass is 9.99. The molecule has 2 aromatic rings. The first-order valence-electron chi connectivity index (χ1n) is 9.18. The number of amides is 2. The minimum Gasteiger partial charge on any atom is -0.356 e. The second kappa shape index (κ2) is 8.77. The highest BCUT2D eigenvalue weighted by molar-refractivity contribution is 5.86. The fourth-order valence-electron chi connectivity index (χ4n) is 3.24. The van der Waals surface area contributed by atoms with E-state index in [0.717, 1.165) is 11.1 Å². The summed E-state index contributed by atoms with van der Waals surface area (Å²) in [7, 11) is 0. The lowest BCUT2D eigenvalue weighted by molar-refractivity contribution is -0.156. The normalized spacial score (nSPS) is 19.6. The molecule has 1 aliphatic heterocycles. The summed E-state index contributed by atoms with van der Waals surface area (Å²) in [5.41, 5.74) is 1.82. The van der Waals surface area contributed by atoms with Crippen LogP contribution in [0.4, 0.5) is 0 Å². The Morgan fingerprint density at radius 3 is 2.70 bits per heavy atom. The Kier molecular flexibility index (Phi) is 6.19. The van der Waals surface area contributed by atoms with E-state index in [9.17, 15) is 9.59 Å². The van der Waals surface area contributed by atoms with E-state index in [-0.39, 0.29) is 18.4 Å². The summed E-state index contributed by atoms with van der Waals surface area (Å²) in [5, 5.41) is 2.88. The Bertz CT molecular complexity index is 765. The van der Waals surface area contributed by atoms with Crippen LogP contribution >= 0.6 is 0 Å². The van der Waals surface area contributed by atoms with Crippen molar-refractivity contribution in [1.29, 1.82) is 0 Å². The molecule has 1 saturated heterocycles. The highest BCUT2D eigenvalue weighted by atomic mass is 16.5. The van der Waals surface area contributed by atoms with Crippen molar-refractivity contribution in [3.05, 3.63) is 66.0 Å². The van der Waals surface area contributed by atoms with Crippen LogP contribution in [0, 0.1) is 5.92 Å². The van der Waals surface area contributed by atoms with Crippen LogP contribution in [-0.4, -0.2) is 41.0 Å². The summed E-state index contributed by atoms with van der Waals surface area (Å²) in [6, 6.07) is 13.0. The number of hydrogen-bond donors (Lipinski definition) is 1. The summed E-state index contributed by atoms with van der Waals surface area (Å²) in [6.45, 7) is 5.15. The van der Waals surface area contributed by atoms with E-state index in [4.69, 9.17) is 4.74 Å². The molecule has 0 saturated carbocycles. The van der Waals surface area contributed by atoms with Gasteiger partial charge in [0.1, 0.15) is 6.61 Å². The van der Waals surface area contributed by atoms with Crippen molar-refractivity contribution in [1.82, 2.24) is 15.2 Å². The average Bonchev–Trinajstić information content (AvgIpc) is 2.68. The topological polar surface area (TPSA) is 71.5 Å². The smallest absolute Gasteiger partial charge is 0.254 e. The van der Waals surface area contributed by atoms with Crippen molar-refractivity contribution in [2.75, 3.05) is 13.2 Å². The van der Waals surface area contributed by atoms with Gasteiger partial charge in [0.15, 0.2) is 6.10 Å². The molecule has 27 heavy (non-hydrogen) atoms. The summed E-state index contributed by atoms with van der Waals surface area (Å²) in [5.74, 6) is -0.0412. The van der Waals surface area contributed by atoms with Crippen molar-refractivity contribution >= 4 is 11.8 Å². The SMILES string of the molecule is CC(C)CN(Cc1ccccc1)C(=O)[C@H]1OCC(=O)N[C@@H]1c1cccnc1. The minimum atomic E-state index is -0.769. The Morgan fingerprint density at radius 1 is 1.26 bits per heavy atom. The predicted molar refractivity (Wildman–Crippen MR) is 102 cm³/mol. The zero-order valence-electron chi connectivity index (χ0n) is 15.7. The van der Waals surface area contributed by atoms with Gasteiger partial charge in [-0.25, -0.2) is 0 Å². The van der Waals surface area contributed by atoms with Crippen LogP contribution in [0.15, 0.2) is 54.9 Å². The molecule has 1 fully saturated rings. The summed E-state index contributed by atoms with van der Waals surface area (Å²) < 4.78 is 5.69. The van der Waals surface area contributed by atoms with E-state index >= 15 is 0 Å². The molecule has 2 amide bonds. The number of ether oxygens (including phenoxy) is 1. The maximum atomic E-state index is 13.4. The standard InChI is InChI=1S/C21H25N3O3/c1-15(2)12-24(13-16-7-4-3-5-8-16)21(26)20-19(23-18(25)14-27-20)17-9-6-10-22-11-17/h3-11,15,19-20H,12-14H2,1-2H3,(H,23,25)/t19-,20+/m1/s1. The van der Waals surface area contributed by atoms with Gasteiger partial charge >= 0.3 is 0 Å². The number of carbonyl (C=O) groups is 2. The molecule has 1 aromatic carbocycles. The molecule has 1 aliphatic rings. The van der Waals surface area contributed by atoms with Gasteiger partial charge in [-0.15, -0.1) is 0 Å². The fourth-order valence-corrected chi connectivity index (χ4v) is 3.24. The van der Waals surface area contributed by atoms with Crippen LogP contribution in [-0.2, 0) is 20.9 Å². The molecule has 0 unspecified atom stereocenters. The molecule has 3 rings (SSSR count). The van der Waals surface area contributed by atoms with Crippen LogP contribution in [0.3, 0.4) is 0 Å². The van der Waals surface area contributed by atoms with E-state index in [0.29, 0.717) is 19.0 Å². The van der Waals surface area contributed by atoms with E-state index in [1.54, 1.807) is 18.5 Å². The average molecular weight is 367 g/mol. The van der Waals surface area contributed by atoms with Gasteiger partial charge in [-0.2, -0.15) is 0 Å². The number of rotatable bonds is 6. The minimum absolute atomic E-state index is 0.117. The Hall–Kier alpha value is -2.73. The van der Waals surface area contributed by atoms with Gasteiger partial charge in [0, 0.05) is 25.5 Å². The molecule has 2 atom stereocenters. The van der Waals surface area contributed by atoms with Crippen molar-refractivity contribution in [2.24, 2.45) is 5.92 Å². The fraction of sp³-hybridized carbons (Fsp3) is 0.381. The van der Waals surface area contributed by atoms with Gasteiger partial charge in [-0.1, -0.05) is 50.2 Å². The van der Waals surface area contributed by atoms with Gasteiger partial charge in [0.25, 0.3) is 5.91 Å². The number of hydrogen-bond acceptors (Lipinski definition) is 4. The first-order chi connectivity index (χ1) is 13.0. The quantitative estimate of drug-likeness (QED) is 0.851. The molecule has 0 radical (unpaired) electrons. The number of nitrogens with zero attached hydrogens (tertiary/aromatic N) is 2. The number of pyridine rings is 1. The predicted octanol–water partition coefficient (Wildman–Crippen LogP) is 2.32. The molecule has 2 heterocycles. The third-order valence-electron chi connectivity index (χ3n) is 4.41. The number of aromatic nitrogens is 1. The van der Waals surface area contributed by atoms with Gasteiger partial charge < -0.3 is 15.0 Å². The van der Waals surface area contributed by atoms with Crippen molar-refractivity contribution in [3.63, 3.8) is 0 Å². The van der Waals surface area contributed by atoms with E-state index in [1.807, 2.05) is 41.3 Å². The van der Waals surface area contributed by atoms with Crippen LogP contribution in [0.5, 0.6) is 0 Å². The lowest BCUT2D eigenvalue weighted by Gasteiger charge is -2.35. The number of nitrogens with one attached hydrogen (secondary N) is 1. The molecular weight excluding hydrogens is 342 g/mol. The molecule has 0 aliphatic carbocycles. The maximum Gasteiger partial charge on any atom is 0.254 e. The highest BCUT2D eigenvalue weighted by Gasteiger charge is 2.38. The Balaban J connectivity index is 1.84. The van der Waals surface area contributed by atoms with Crippen molar-refractivity contribution < 1.29 is 14.3 Å². The molecular formula is C21H25N3O3. The van der Waals surface area contributed by atoms with Crippen LogP contribution < -0.4 is 5.32 Å². The van der Waals surface area contributed by atoms with Gasteiger partial charge in [-0.05, 0) is 23.1 Å². The van der Waals surface area contributed by atoms with Crippen LogP contribution in [0.2, 0.25) is 0 Å². The van der Waals surface area contributed by atoms with Crippen molar-refractivity contribution in [2.45, 2.75) is 32.5 Å². The van der Waals surface area contributed by atoms with Crippen LogP contribution in [0.1, 0.15) is 31.0 Å². The van der Waals surface area contributed by atoms with Gasteiger partial charge in [-0.3, -0.25) is 14.6 Å². The molecule has 0 spiro atoms. The molecule has 6 nitrogen and oxygen atoms in total. The second-order valence-electron chi connectivity index (χ2n) is 7.16. The highest BCUT2D eigenvalue weighted by Crippen LogP contribution is 2.24. The Labute approximate surface area is 159 Å². The van der Waals surface area contributed by atoms with Crippen molar-refractivity contribution in [3.8, 4) is 0 Å². The van der Waals surface area contributed by atoms with E-state index in [2.05, 4.69) is 24.1 Å². The number of carbonyl (C=O) groups excluding carboxylic acids is 2. The molecule has 0 bridgehead atoms. The zero-order valence-corrected chi connectivity index (χ0v) is 15.7. The monoisotopic (exact) mass is 367 g/mol. The van der Waals surface area contributed by atoms with Crippen LogP contribution in [0.25, 0.3) is 0 Å². The third-order valence-corrected chi connectivity index (χ3v) is 4.41. The molecule has 142 valence electrons. The number of morpholine rings is 1. The van der Waals surface area contributed by atoms with Gasteiger partial charge in [0.05, 0.1) is 6.04 Å². The summed E-state index contributed by atoms with van der Waals surface area (Å²) >= 11 is 0. The first-order valence-corrected chi connectivity index (χ1v) is 9.18. The lowest BCUT2D eigenvalue weighted by Crippen LogP contribution is -2.53. The Morgan fingerprint density at radius 2 is 2.04 bits per heavy atom. The van der Waals surface area contributed by atoms with E-state index in [1.165, 1.54) is 0 Å². The van der Waals surface area contributed by atoms with Gasteiger partial charge in [0.2, 0.25) is 5.91 Å². The maximum absolute atomic E-state index is 13.4. The summed E-state index contributed by atoms with van der Waals surface area (Å²) in [4.78, 5) is 31.1. The largest absolute Gasteiger partial charge is 0.356 e. The molecule has 1 aromatic heterocycles. The zero-order chi connectivity index (χ0) is 19.2.